The van der Waals surface area contributed by atoms with Crippen molar-refractivity contribution in [1.82, 2.24) is 0 Å². The van der Waals surface area contributed by atoms with Crippen LogP contribution in [0, 0.1) is 0 Å². The molecule has 0 unspecified atom stereocenters. The van der Waals surface area contributed by atoms with Gasteiger partial charge in [-0.3, -0.25) is 9.59 Å². The first-order valence-corrected chi connectivity index (χ1v) is 11.9. The number of fused-ring (bicyclic) bond motifs is 1. The molecule has 2 aromatic carbocycles. The Kier molecular flexibility index (Phi) is 7.60. The van der Waals surface area contributed by atoms with E-state index in [-0.39, 0.29) is 11.8 Å². The number of benzene rings is 2. The van der Waals surface area contributed by atoms with E-state index < -0.39 is 0 Å². The number of nitrogens with one attached hydrogen (secondary N) is 1. The van der Waals surface area contributed by atoms with Gasteiger partial charge in [0.15, 0.2) is 17.3 Å². The molecule has 3 aromatic rings. The van der Waals surface area contributed by atoms with Crippen LogP contribution in [0.2, 0.25) is 0 Å². The van der Waals surface area contributed by atoms with E-state index in [4.69, 9.17) is 18.6 Å². The van der Waals surface area contributed by atoms with Crippen LogP contribution in [0.1, 0.15) is 53.7 Å². The predicted molar refractivity (Wildman–Crippen MR) is 133 cm³/mol. The third kappa shape index (κ3) is 5.26. The number of hydrogen-bond acceptors (Lipinski definition) is 6. The smallest absolute Gasteiger partial charge is 0.293 e. The molecule has 0 spiro atoms. The summed E-state index contributed by atoms with van der Waals surface area (Å²) < 4.78 is 22.5. The second-order valence-corrected chi connectivity index (χ2v) is 7.94. The van der Waals surface area contributed by atoms with Crippen molar-refractivity contribution in [1.29, 1.82) is 0 Å². The fourth-order valence-electron chi connectivity index (χ4n) is 4.14. The van der Waals surface area contributed by atoms with E-state index in [0.29, 0.717) is 60.6 Å². The summed E-state index contributed by atoms with van der Waals surface area (Å²) in [6.07, 6.45) is 3.13. The average Bonchev–Trinajstić information content (AvgIpc) is 3.40. The summed E-state index contributed by atoms with van der Waals surface area (Å²) in [5.74, 6) is 1.25. The molecule has 2 heterocycles. The summed E-state index contributed by atoms with van der Waals surface area (Å²) in [5.41, 5.74) is 2.86. The number of ether oxygens (including phenoxy) is 3. The lowest BCUT2D eigenvalue weighted by Gasteiger charge is -2.29. The molecule has 0 bridgehead atoms. The van der Waals surface area contributed by atoms with E-state index in [1.807, 2.05) is 32.9 Å². The molecule has 1 N–H and O–H groups in total. The molecule has 184 valence electrons. The van der Waals surface area contributed by atoms with Gasteiger partial charge in [-0.2, -0.15) is 0 Å². The minimum atomic E-state index is -0.297. The number of nitrogens with zero attached hydrogens (tertiary/aromatic N) is 1. The standard InChI is InChI=1S/C27H30N2O6/c1-4-32-23-16-19(17-24(33-5-2)25(23)34-6-3)26(30)28-20-11-12-21-18(15-20)9-7-13-29(21)27(31)22-10-8-14-35-22/h8,10-12,14-17H,4-7,9,13H2,1-3H3,(H,28,30). The molecule has 1 aliphatic heterocycles. The zero-order valence-electron chi connectivity index (χ0n) is 20.3. The van der Waals surface area contributed by atoms with Crippen LogP contribution in [0.25, 0.3) is 0 Å². The van der Waals surface area contributed by atoms with Crippen LogP contribution in [0.5, 0.6) is 17.2 Å². The third-order valence-electron chi connectivity index (χ3n) is 5.60. The van der Waals surface area contributed by atoms with Crippen molar-refractivity contribution in [2.24, 2.45) is 0 Å². The summed E-state index contributed by atoms with van der Waals surface area (Å²) in [6.45, 7) is 7.53. The number of carbonyl (C=O) groups is 2. The molecule has 8 heteroatoms. The second-order valence-electron chi connectivity index (χ2n) is 7.94. The first-order valence-electron chi connectivity index (χ1n) is 11.9. The Balaban J connectivity index is 1.58. The molecule has 0 saturated carbocycles. The van der Waals surface area contributed by atoms with Crippen molar-refractivity contribution < 1.29 is 28.2 Å². The van der Waals surface area contributed by atoms with Gasteiger partial charge >= 0.3 is 0 Å². The number of aryl methyl sites for hydroxylation is 1. The van der Waals surface area contributed by atoms with Crippen molar-refractivity contribution in [3.63, 3.8) is 0 Å². The van der Waals surface area contributed by atoms with Crippen LogP contribution in [-0.2, 0) is 6.42 Å². The molecular weight excluding hydrogens is 448 g/mol. The molecule has 0 fully saturated rings. The number of rotatable bonds is 9. The SMILES string of the molecule is CCOc1cc(C(=O)Nc2ccc3c(c2)CCCN3C(=O)c2ccco2)cc(OCC)c1OCC. The highest BCUT2D eigenvalue weighted by molar-refractivity contribution is 6.07. The Morgan fingerprint density at radius 2 is 1.69 bits per heavy atom. The summed E-state index contributed by atoms with van der Waals surface area (Å²) in [5, 5.41) is 2.96. The van der Waals surface area contributed by atoms with Gasteiger partial charge in [0.2, 0.25) is 5.75 Å². The van der Waals surface area contributed by atoms with Crippen molar-refractivity contribution in [3.05, 3.63) is 65.6 Å². The molecule has 0 saturated heterocycles. The Bertz CT molecular complexity index is 1160. The first kappa shape index (κ1) is 24.2. The largest absolute Gasteiger partial charge is 0.490 e. The molecule has 1 aromatic heterocycles. The lowest BCUT2D eigenvalue weighted by atomic mass is 10.0. The maximum absolute atomic E-state index is 13.2. The molecule has 4 rings (SSSR count). The van der Waals surface area contributed by atoms with Crippen molar-refractivity contribution >= 4 is 23.2 Å². The van der Waals surface area contributed by atoms with Gasteiger partial charge in [0.25, 0.3) is 11.8 Å². The first-order chi connectivity index (χ1) is 17.0. The van der Waals surface area contributed by atoms with E-state index in [1.54, 1.807) is 35.2 Å². The fourth-order valence-corrected chi connectivity index (χ4v) is 4.14. The molecular formula is C27H30N2O6. The zero-order chi connectivity index (χ0) is 24.8. The Hall–Kier alpha value is -3.94. The molecule has 1 aliphatic rings. The van der Waals surface area contributed by atoms with E-state index in [1.165, 1.54) is 6.26 Å². The Morgan fingerprint density at radius 3 is 2.31 bits per heavy atom. The zero-order valence-corrected chi connectivity index (χ0v) is 20.3. The average molecular weight is 479 g/mol. The third-order valence-corrected chi connectivity index (χ3v) is 5.60. The number of carbonyl (C=O) groups excluding carboxylic acids is 2. The minimum absolute atomic E-state index is 0.172. The van der Waals surface area contributed by atoms with Crippen LogP contribution >= 0.6 is 0 Å². The maximum atomic E-state index is 13.2. The molecule has 2 amide bonds. The lowest BCUT2D eigenvalue weighted by Crippen LogP contribution is -2.35. The highest BCUT2D eigenvalue weighted by Crippen LogP contribution is 2.39. The number of amides is 2. The summed E-state index contributed by atoms with van der Waals surface area (Å²) in [4.78, 5) is 27.7. The van der Waals surface area contributed by atoms with Crippen LogP contribution in [0.4, 0.5) is 11.4 Å². The van der Waals surface area contributed by atoms with E-state index in [0.717, 1.165) is 24.1 Å². The normalized spacial score (nSPS) is 12.6. The summed E-state index contributed by atoms with van der Waals surface area (Å²) >= 11 is 0. The van der Waals surface area contributed by atoms with Gasteiger partial charge < -0.3 is 28.8 Å². The van der Waals surface area contributed by atoms with Crippen molar-refractivity contribution in [2.45, 2.75) is 33.6 Å². The molecule has 8 nitrogen and oxygen atoms in total. The molecule has 0 radical (unpaired) electrons. The van der Waals surface area contributed by atoms with E-state index in [9.17, 15) is 9.59 Å². The summed E-state index contributed by atoms with van der Waals surface area (Å²) in [7, 11) is 0. The van der Waals surface area contributed by atoms with Gasteiger partial charge in [0.1, 0.15) is 0 Å². The van der Waals surface area contributed by atoms with Gasteiger partial charge in [-0.25, -0.2) is 0 Å². The molecule has 0 atom stereocenters. The van der Waals surface area contributed by atoms with Crippen LogP contribution < -0.4 is 24.4 Å². The number of hydrogen-bond donors (Lipinski definition) is 1. The number of anilines is 2. The highest BCUT2D eigenvalue weighted by Gasteiger charge is 2.26. The predicted octanol–water partition coefficient (Wildman–Crippen LogP) is 5.32. The Morgan fingerprint density at radius 1 is 0.971 bits per heavy atom. The quantitative estimate of drug-likeness (QED) is 0.448. The van der Waals surface area contributed by atoms with Gasteiger partial charge in [-0.1, -0.05) is 0 Å². The number of furan rings is 1. The van der Waals surface area contributed by atoms with Crippen molar-refractivity contribution in [3.8, 4) is 17.2 Å². The molecule has 35 heavy (non-hydrogen) atoms. The van der Waals surface area contributed by atoms with Crippen LogP contribution in [0.3, 0.4) is 0 Å². The monoisotopic (exact) mass is 478 g/mol. The van der Waals surface area contributed by atoms with E-state index >= 15 is 0 Å². The van der Waals surface area contributed by atoms with Crippen LogP contribution in [0.15, 0.2) is 53.1 Å². The van der Waals surface area contributed by atoms with Gasteiger partial charge in [-0.05, 0) is 81.6 Å². The highest BCUT2D eigenvalue weighted by atomic mass is 16.5. The Labute approximate surface area is 204 Å². The molecule has 0 aliphatic carbocycles. The minimum Gasteiger partial charge on any atom is -0.490 e. The topological polar surface area (TPSA) is 90.2 Å². The van der Waals surface area contributed by atoms with Gasteiger partial charge in [-0.15, -0.1) is 0 Å². The fraction of sp³-hybridized carbons (Fsp3) is 0.333. The van der Waals surface area contributed by atoms with Crippen molar-refractivity contribution in [2.75, 3.05) is 36.6 Å². The second kappa shape index (κ2) is 11.0. The summed E-state index contributed by atoms with van der Waals surface area (Å²) in [6, 6.07) is 12.3. The van der Waals surface area contributed by atoms with Gasteiger partial charge in [0.05, 0.1) is 26.1 Å². The van der Waals surface area contributed by atoms with Gasteiger partial charge in [0, 0.05) is 23.5 Å². The lowest BCUT2D eigenvalue weighted by molar-refractivity contribution is 0.0957. The van der Waals surface area contributed by atoms with Crippen LogP contribution in [-0.4, -0.2) is 38.2 Å². The van der Waals surface area contributed by atoms with E-state index in [2.05, 4.69) is 5.32 Å². The maximum Gasteiger partial charge on any atom is 0.293 e.